The van der Waals surface area contributed by atoms with Crippen molar-refractivity contribution >= 4 is 40.6 Å². The summed E-state index contributed by atoms with van der Waals surface area (Å²) in [7, 11) is 2.35. The number of hydrogen-bond acceptors (Lipinski definition) is 7. The Balaban J connectivity index is 1.27. The number of phenolic OH excluding ortho intramolecular Hbond substituents is 1. The maximum Gasteiger partial charge on any atom is 0.240 e. The van der Waals surface area contributed by atoms with E-state index < -0.39 is 10.0 Å². The third-order valence-corrected chi connectivity index (χ3v) is 7.63. The van der Waals surface area contributed by atoms with E-state index in [1.807, 2.05) is 30.3 Å². The molecule has 2 radical (unpaired) electrons. The molecule has 0 saturated carbocycles. The number of aromatic nitrogens is 3. The molecule has 9 nitrogen and oxygen atoms in total. The molecule has 0 fully saturated rings. The maximum absolute atomic E-state index is 12.6. The highest BCUT2D eigenvalue weighted by Gasteiger charge is 2.15. The molecular weight excluding hydrogens is 513 g/mol. The van der Waals surface area contributed by atoms with E-state index >= 15 is 0 Å². The molecule has 11 heteroatoms. The summed E-state index contributed by atoms with van der Waals surface area (Å²) in [5.41, 5.74) is 4.20. The Morgan fingerprint density at radius 2 is 1.64 bits per heavy atom. The number of rotatable bonds is 9. The van der Waals surface area contributed by atoms with Crippen LogP contribution in [0.25, 0.3) is 16.9 Å². The second kappa shape index (κ2) is 10.7. The summed E-state index contributed by atoms with van der Waals surface area (Å²) in [4.78, 5) is 16.1. The van der Waals surface area contributed by atoms with Crippen LogP contribution in [0.5, 0.6) is 5.75 Å². The van der Waals surface area contributed by atoms with Gasteiger partial charge in [0.15, 0.2) is 11.4 Å². The van der Waals surface area contributed by atoms with Crippen molar-refractivity contribution in [2.45, 2.75) is 24.9 Å². The molecule has 5 aromatic rings. The first-order valence-electron chi connectivity index (χ1n) is 12.1. The molecule has 3 aromatic carbocycles. The Morgan fingerprint density at radius 1 is 0.974 bits per heavy atom. The SMILES string of the molecule is [B]c1cnn2c(NCc3ccc(CNS(=O)(=O)c4ccc(C(C)=O)cc4)cc3)cc(-c3ccccc3O)nc12. The number of nitrogens with one attached hydrogen (secondary N) is 2. The van der Waals surface area contributed by atoms with E-state index in [-0.39, 0.29) is 23.0 Å². The number of carbonyl (C=O) groups excluding carboxylic acids is 1. The molecule has 194 valence electrons. The van der Waals surface area contributed by atoms with Crippen LogP contribution in [0, 0.1) is 0 Å². The number of phenols is 1. The van der Waals surface area contributed by atoms with E-state index in [9.17, 15) is 18.3 Å². The minimum absolute atomic E-state index is 0.0967. The van der Waals surface area contributed by atoms with Gasteiger partial charge < -0.3 is 10.4 Å². The molecule has 5 rings (SSSR count). The lowest BCUT2D eigenvalue weighted by atomic mass is 10.0. The number of nitrogens with zero attached hydrogens (tertiary/aromatic N) is 3. The van der Waals surface area contributed by atoms with E-state index in [1.54, 1.807) is 28.8 Å². The number of fused-ring (bicyclic) bond motifs is 1. The van der Waals surface area contributed by atoms with Gasteiger partial charge in [0.2, 0.25) is 10.0 Å². The monoisotopic (exact) mass is 537 g/mol. The summed E-state index contributed by atoms with van der Waals surface area (Å²) in [6.45, 7) is 2.00. The Labute approximate surface area is 227 Å². The van der Waals surface area contributed by atoms with Crippen LogP contribution in [0.3, 0.4) is 0 Å². The largest absolute Gasteiger partial charge is 0.507 e. The van der Waals surface area contributed by atoms with E-state index in [0.717, 1.165) is 11.1 Å². The summed E-state index contributed by atoms with van der Waals surface area (Å²) >= 11 is 0. The lowest BCUT2D eigenvalue weighted by Crippen LogP contribution is -2.23. The van der Waals surface area contributed by atoms with Gasteiger partial charge in [0, 0.05) is 36.5 Å². The van der Waals surface area contributed by atoms with Gasteiger partial charge in [-0.2, -0.15) is 9.61 Å². The van der Waals surface area contributed by atoms with Gasteiger partial charge >= 0.3 is 0 Å². The summed E-state index contributed by atoms with van der Waals surface area (Å²) in [5, 5.41) is 18.0. The number of benzene rings is 3. The number of sulfonamides is 1. The normalized spacial score (nSPS) is 11.5. The fourth-order valence-electron chi connectivity index (χ4n) is 4.03. The number of carbonyl (C=O) groups is 1. The summed E-state index contributed by atoms with van der Waals surface area (Å²) < 4.78 is 29.4. The van der Waals surface area contributed by atoms with E-state index in [0.29, 0.717) is 40.3 Å². The van der Waals surface area contributed by atoms with Gasteiger partial charge in [-0.05, 0) is 47.8 Å². The predicted octanol–water partition coefficient (Wildman–Crippen LogP) is 3.19. The van der Waals surface area contributed by atoms with Crippen LogP contribution in [-0.4, -0.2) is 41.8 Å². The smallest absolute Gasteiger partial charge is 0.240 e. The van der Waals surface area contributed by atoms with Gasteiger partial charge in [-0.15, -0.1) is 0 Å². The van der Waals surface area contributed by atoms with Gasteiger partial charge in [0.05, 0.1) is 10.6 Å². The van der Waals surface area contributed by atoms with Gasteiger partial charge in [0.1, 0.15) is 19.4 Å². The van der Waals surface area contributed by atoms with E-state index in [2.05, 4.69) is 20.1 Å². The lowest BCUT2D eigenvalue weighted by molar-refractivity contribution is 0.101. The average Bonchev–Trinajstić information content (AvgIpc) is 3.32. The molecule has 0 aliphatic rings. The molecule has 0 aliphatic heterocycles. The minimum atomic E-state index is -3.72. The Bertz CT molecular complexity index is 1770. The Hall–Kier alpha value is -4.48. The third kappa shape index (κ3) is 5.69. The molecule has 0 atom stereocenters. The first-order valence-corrected chi connectivity index (χ1v) is 13.5. The Morgan fingerprint density at radius 3 is 2.31 bits per heavy atom. The molecule has 0 spiro atoms. The number of Topliss-reactive ketones (excluding diaryl/α,β-unsaturated/α-hetero) is 1. The molecule has 0 amide bonds. The topological polar surface area (TPSA) is 126 Å². The quantitative estimate of drug-likeness (QED) is 0.195. The van der Waals surface area contributed by atoms with Crippen LogP contribution in [0.1, 0.15) is 28.4 Å². The van der Waals surface area contributed by atoms with Crippen molar-refractivity contribution in [3.05, 3.63) is 102 Å². The van der Waals surface area contributed by atoms with Gasteiger partial charge in [-0.1, -0.05) is 48.5 Å². The maximum atomic E-state index is 12.6. The summed E-state index contributed by atoms with van der Waals surface area (Å²) in [6, 6.07) is 22.1. The van der Waals surface area contributed by atoms with Gasteiger partial charge in [-0.25, -0.2) is 18.1 Å². The van der Waals surface area contributed by atoms with Crippen molar-refractivity contribution in [1.29, 1.82) is 0 Å². The molecule has 2 heterocycles. The molecule has 0 saturated heterocycles. The third-order valence-electron chi connectivity index (χ3n) is 6.21. The molecule has 0 aliphatic carbocycles. The second-order valence-electron chi connectivity index (χ2n) is 8.95. The van der Waals surface area contributed by atoms with Crippen LogP contribution in [-0.2, 0) is 23.1 Å². The Kier molecular flexibility index (Phi) is 7.18. The highest BCUT2D eigenvalue weighted by molar-refractivity contribution is 7.89. The van der Waals surface area contributed by atoms with Crippen LogP contribution >= 0.6 is 0 Å². The highest BCUT2D eigenvalue weighted by Crippen LogP contribution is 2.29. The predicted molar refractivity (Wildman–Crippen MR) is 150 cm³/mol. The fourth-order valence-corrected chi connectivity index (χ4v) is 5.05. The number of ketones is 1. The van der Waals surface area contributed by atoms with Crippen LogP contribution in [0.2, 0.25) is 0 Å². The molecule has 0 unspecified atom stereocenters. The standard InChI is InChI=1S/C28H24BN5O4S/c1-18(35)21-10-12-22(13-11-21)39(37,38)32-16-20-8-6-19(7-9-20)15-30-27-14-25(23-4-2-3-5-26(23)36)33-28-24(29)17-31-34(27)28/h2-14,17,30,32,36H,15-16H2,1H3. The number of anilines is 1. The molecular formula is C28H24BN5O4S. The van der Waals surface area contributed by atoms with Crippen molar-refractivity contribution in [3.63, 3.8) is 0 Å². The fraction of sp³-hybridized carbons (Fsp3) is 0.107. The van der Waals surface area contributed by atoms with Crippen molar-refractivity contribution in [2.75, 3.05) is 5.32 Å². The molecule has 2 aromatic heterocycles. The van der Waals surface area contributed by atoms with Crippen LogP contribution in [0.15, 0.2) is 90.0 Å². The zero-order valence-electron chi connectivity index (χ0n) is 21.0. The lowest BCUT2D eigenvalue weighted by Gasteiger charge is -2.12. The van der Waals surface area contributed by atoms with Crippen LogP contribution < -0.4 is 15.5 Å². The van der Waals surface area contributed by atoms with Crippen molar-refractivity contribution in [2.24, 2.45) is 0 Å². The number of para-hydroxylation sites is 1. The average molecular weight is 537 g/mol. The molecule has 3 N–H and O–H groups in total. The summed E-state index contributed by atoms with van der Waals surface area (Å²) in [6.07, 6.45) is 1.52. The first-order chi connectivity index (χ1) is 18.7. The van der Waals surface area contributed by atoms with Crippen LogP contribution in [0.4, 0.5) is 5.82 Å². The molecule has 0 bridgehead atoms. The zero-order valence-corrected chi connectivity index (χ0v) is 21.8. The van der Waals surface area contributed by atoms with Gasteiger partial charge in [0.25, 0.3) is 0 Å². The highest BCUT2D eigenvalue weighted by atomic mass is 32.2. The molecule has 39 heavy (non-hydrogen) atoms. The minimum Gasteiger partial charge on any atom is -0.507 e. The second-order valence-corrected chi connectivity index (χ2v) is 10.7. The van der Waals surface area contributed by atoms with Crippen molar-refractivity contribution in [1.82, 2.24) is 19.3 Å². The zero-order chi connectivity index (χ0) is 27.6. The van der Waals surface area contributed by atoms with Gasteiger partial charge in [-0.3, -0.25) is 4.79 Å². The number of aromatic hydroxyl groups is 1. The van der Waals surface area contributed by atoms with Crippen molar-refractivity contribution < 1.29 is 18.3 Å². The summed E-state index contributed by atoms with van der Waals surface area (Å²) in [5.74, 6) is 0.625. The number of hydrogen-bond donors (Lipinski definition) is 3. The van der Waals surface area contributed by atoms with E-state index in [4.69, 9.17) is 7.85 Å². The first kappa shape index (κ1) is 26.1. The van der Waals surface area contributed by atoms with Crippen molar-refractivity contribution in [3.8, 4) is 17.0 Å². The van der Waals surface area contributed by atoms with E-state index in [1.165, 1.54) is 37.4 Å².